The van der Waals surface area contributed by atoms with Crippen LogP contribution in [0, 0.1) is 0 Å². The van der Waals surface area contributed by atoms with E-state index in [0.717, 1.165) is 19.5 Å². The molecule has 0 spiro atoms. The predicted octanol–water partition coefficient (Wildman–Crippen LogP) is 4.67. The number of hydrogen-bond donors (Lipinski definition) is 1. The lowest BCUT2D eigenvalue weighted by Gasteiger charge is -2.07. The van der Waals surface area contributed by atoms with Crippen LogP contribution >= 0.6 is 43.2 Å². The molecule has 0 radical (unpaired) electrons. The third-order valence-electron chi connectivity index (χ3n) is 3.16. The Hall–Kier alpha value is -1.77. The number of halogens is 2. The summed E-state index contributed by atoms with van der Waals surface area (Å²) in [5.74, 6) is 0.317. The number of carbonyl (C=O) groups excluding carboxylic acids is 1. The van der Waals surface area contributed by atoms with E-state index in [4.69, 9.17) is 4.74 Å². The summed E-state index contributed by atoms with van der Waals surface area (Å²) in [6.45, 7) is -0.103. The van der Waals surface area contributed by atoms with E-state index in [9.17, 15) is 4.79 Å². The molecule has 1 amide bonds. The molecule has 3 rings (SSSR count). The maximum absolute atomic E-state index is 12.0. The van der Waals surface area contributed by atoms with Crippen molar-refractivity contribution >= 4 is 54.2 Å². The average molecular weight is 483 g/mol. The molecule has 0 saturated carbocycles. The lowest BCUT2D eigenvalue weighted by atomic mass is 10.2. The first-order chi connectivity index (χ1) is 12.1. The van der Waals surface area contributed by atoms with Crippen molar-refractivity contribution in [1.29, 1.82) is 0 Å². The molecule has 128 valence electrons. The van der Waals surface area contributed by atoms with Crippen molar-refractivity contribution in [2.75, 3.05) is 11.9 Å². The predicted molar refractivity (Wildman–Crippen MR) is 105 cm³/mol. The smallest absolute Gasteiger partial charge is 0.264 e. The van der Waals surface area contributed by atoms with Gasteiger partial charge >= 0.3 is 0 Å². The van der Waals surface area contributed by atoms with Crippen LogP contribution in [0.5, 0.6) is 5.75 Å². The number of aromatic nitrogens is 2. The van der Waals surface area contributed by atoms with E-state index in [1.165, 1.54) is 11.3 Å². The van der Waals surface area contributed by atoms with Crippen LogP contribution in [0.25, 0.3) is 0 Å². The van der Waals surface area contributed by atoms with Gasteiger partial charge in [-0.15, -0.1) is 10.2 Å². The van der Waals surface area contributed by atoms with Crippen molar-refractivity contribution in [2.45, 2.75) is 6.42 Å². The average Bonchev–Trinajstić information content (AvgIpc) is 3.02. The summed E-state index contributed by atoms with van der Waals surface area (Å²) in [5, 5.41) is 12.1. The molecule has 5 nitrogen and oxygen atoms in total. The van der Waals surface area contributed by atoms with E-state index < -0.39 is 0 Å². The normalized spacial score (nSPS) is 10.5. The first kappa shape index (κ1) is 18.0. The Kier molecular flexibility index (Phi) is 6.17. The minimum atomic E-state index is -0.280. The summed E-state index contributed by atoms with van der Waals surface area (Å²) in [7, 11) is 0. The van der Waals surface area contributed by atoms with Crippen LogP contribution in [0.15, 0.2) is 57.5 Å². The minimum absolute atomic E-state index is 0.103. The summed E-state index contributed by atoms with van der Waals surface area (Å²) in [5.41, 5.74) is 1.15. The molecule has 0 fully saturated rings. The Bertz CT molecular complexity index is 871. The Balaban J connectivity index is 1.53. The third kappa shape index (κ3) is 5.35. The molecule has 0 saturated heterocycles. The van der Waals surface area contributed by atoms with E-state index in [1.54, 1.807) is 6.07 Å². The second kappa shape index (κ2) is 8.55. The third-order valence-corrected chi connectivity index (χ3v) is 5.12. The van der Waals surface area contributed by atoms with Gasteiger partial charge < -0.3 is 4.74 Å². The number of carbonyl (C=O) groups is 1. The number of nitrogens with zero attached hydrogens (tertiary/aromatic N) is 2. The molecule has 0 aliphatic carbocycles. The summed E-state index contributed by atoms with van der Waals surface area (Å²) >= 11 is 8.12. The van der Waals surface area contributed by atoms with Gasteiger partial charge in [0, 0.05) is 10.9 Å². The van der Waals surface area contributed by atoms with Crippen LogP contribution in [-0.4, -0.2) is 22.7 Å². The van der Waals surface area contributed by atoms with Gasteiger partial charge in [-0.1, -0.05) is 57.6 Å². The zero-order valence-electron chi connectivity index (χ0n) is 12.9. The molecular formula is C17H13Br2N3O2S. The fourth-order valence-electron chi connectivity index (χ4n) is 2.04. The quantitative estimate of drug-likeness (QED) is 0.554. The highest BCUT2D eigenvalue weighted by atomic mass is 79.9. The van der Waals surface area contributed by atoms with Gasteiger partial charge in [0.25, 0.3) is 5.91 Å². The number of amides is 1. The van der Waals surface area contributed by atoms with Crippen molar-refractivity contribution in [2.24, 2.45) is 0 Å². The minimum Gasteiger partial charge on any atom is -0.483 e. The number of benzene rings is 2. The van der Waals surface area contributed by atoms with Crippen LogP contribution in [0.1, 0.15) is 10.6 Å². The van der Waals surface area contributed by atoms with Crippen LogP contribution in [0.2, 0.25) is 0 Å². The molecule has 2 aromatic carbocycles. The van der Waals surface area contributed by atoms with Gasteiger partial charge in [0.05, 0.1) is 4.47 Å². The number of rotatable bonds is 6. The Morgan fingerprint density at radius 3 is 2.68 bits per heavy atom. The lowest BCUT2D eigenvalue weighted by molar-refractivity contribution is -0.118. The van der Waals surface area contributed by atoms with Crippen molar-refractivity contribution in [3.63, 3.8) is 0 Å². The molecule has 0 aliphatic rings. The maximum Gasteiger partial charge on any atom is 0.264 e. The van der Waals surface area contributed by atoms with E-state index in [2.05, 4.69) is 47.4 Å². The summed E-state index contributed by atoms with van der Waals surface area (Å²) < 4.78 is 7.21. The van der Waals surface area contributed by atoms with Gasteiger partial charge in [0.15, 0.2) is 6.61 Å². The first-order valence-corrected chi connectivity index (χ1v) is 9.74. The highest BCUT2D eigenvalue weighted by molar-refractivity contribution is 9.11. The molecule has 1 aromatic heterocycles. The van der Waals surface area contributed by atoms with Crippen LogP contribution in [0.4, 0.5) is 5.13 Å². The topological polar surface area (TPSA) is 64.1 Å². The molecule has 25 heavy (non-hydrogen) atoms. The van der Waals surface area contributed by atoms with Crippen molar-refractivity contribution in [1.82, 2.24) is 10.2 Å². The second-order valence-electron chi connectivity index (χ2n) is 5.07. The molecule has 0 bridgehead atoms. The Morgan fingerprint density at radius 2 is 1.92 bits per heavy atom. The van der Waals surface area contributed by atoms with Gasteiger partial charge in [-0.2, -0.15) is 0 Å². The van der Waals surface area contributed by atoms with E-state index >= 15 is 0 Å². The molecule has 1 heterocycles. The van der Waals surface area contributed by atoms with Crippen molar-refractivity contribution in [3.05, 3.63) is 68.0 Å². The van der Waals surface area contributed by atoms with Gasteiger partial charge in [0.1, 0.15) is 10.8 Å². The van der Waals surface area contributed by atoms with Gasteiger partial charge in [-0.3, -0.25) is 10.1 Å². The summed E-state index contributed by atoms with van der Waals surface area (Å²) in [6, 6.07) is 15.5. The fraction of sp³-hybridized carbons (Fsp3) is 0.118. The summed E-state index contributed by atoms with van der Waals surface area (Å²) in [4.78, 5) is 12.0. The molecule has 1 N–H and O–H groups in total. The van der Waals surface area contributed by atoms with E-state index in [-0.39, 0.29) is 12.5 Å². The zero-order chi connectivity index (χ0) is 17.6. The monoisotopic (exact) mass is 481 g/mol. The highest BCUT2D eigenvalue weighted by Gasteiger charge is 2.10. The molecule has 8 heteroatoms. The summed E-state index contributed by atoms with van der Waals surface area (Å²) in [6.07, 6.45) is 0.691. The van der Waals surface area contributed by atoms with Crippen LogP contribution < -0.4 is 10.1 Å². The molecular weight excluding hydrogens is 470 g/mol. The maximum atomic E-state index is 12.0. The lowest BCUT2D eigenvalue weighted by Crippen LogP contribution is -2.20. The van der Waals surface area contributed by atoms with Crippen LogP contribution in [-0.2, 0) is 11.2 Å². The Labute approximate surface area is 165 Å². The SMILES string of the molecule is O=C(COc1ccc(Br)cc1Br)Nc1nnc(Cc2ccccc2)s1. The molecule has 0 unspecified atom stereocenters. The number of nitrogens with one attached hydrogen (secondary N) is 1. The van der Waals surface area contributed by atoms with E-state index in [0.29, 0.717) is 17.3 Å². The zero-order valence-corrected chi connectivity index (χ0v) is 16.9. The largest absolute Gasteiger partial charge is 0.483 e. The van der Waals surface area contributed by atoms with Crippen molar-refractivity contribution in [3.8, 4) is 5.75 Å². The number of anilines is 1. The highest BCUT2D eigenvalue weighted by Crippen LogP contribution is 2.28. The van der Waals surface area contributed by atoms with Gasteiger partial charge in [0.2, 0.25) is 5.13 Å². The fourth-order valence-corrected chi connectivity index (χ4v) is 3.99. The number of hydrogen-bond acceptors (Lipinski definition) is 5. The molecule has 0 aliphatic heterocycles. The molecule has 0 atom stereocenters. The van der Waals surface area contributed by atoms with Gasteiger partial charge in [-0.25, -0.2) is 0 Å². The van der Waals surface area contributed by atoms with E-state index in [1.807, 2.05) is 42.5 Å². The first-order valence-electron chi connectivity index (χ1n) is 7.34. The number of ether oxygens (including phenoxy) is 1. The second-order valence-corrected chi connectivity index (χ2v) is 7.91. The Morgan fingerprint density at radius 1 is 1.12 bits per heavy atom. The van der Waals surface area contributed by atoms with Crippen LogP contribution in [0.3, 0.4) is 0 Å². The standard InChI is InChI=1S/C17H13Br2N3O2S/c18-12-6-7-14(13(19)9-12)24-10-15(23)20-17-22-21-16(25-17)8-11-4-2-1-3-5-11/h1-7,9H,8,10H2,(H,20,22,23). The van der Waals surface area contributed by atoms with Crippen molar-refractivity contribution < 1.29 is 9.53 Å². The van der Waals surface area contributed by atoms with Gasteiger partial charge in [-0.05, 0) is 39.7 Å². The molecule has 3 aromatic rings.